The average molecular weight is 391 g/mol. The van der Waals surface area contributed by atoms with Crippen molar-refractivity contribution in [2.24, 2.45) is 0 Å². The summed E-state index contributed by atoms with van der Waals surface area (Å²) in [5, 5.41) is -1.48. The minimum Gasteiger partial charge on any atom is -0.497 e. The molecule has 0 bridgehead atoms. The molecule has 5 heteroatoms. The normalized spacial score (nSPS) is 13.0. The number of thioether (sulfide) groups is 1. The van der Waals surface area contributed by atoms with Gasteiger partial charge in [-0.05, 0) is 29.9 Å². The Morgan fingerprint density at radius 1 is 0.923 bits per heavy atom. The predicted molar refractivity (Wildman–Crippen MR) is 106 cm³/mol. The molecule has 1 nitrogen and oxygen atoms in total. The average Bonchev–Trinajstić information content (AvgIpc) is 2.61. The minimum absolute atomic E-state index is 0.272. The van der Waals surface area contributed by atoms with Crippen molar-refractivity contribution in [3.63, 3.8) is 0 Å². The monoisotopic (exact) mass is 390 g/mol. The predicted octanol–water partition coefficient (Wildman–Crippen LogP) is 7.95. The lowest BCUT2D eigenvalue weighted by Gasteiger charge is -2.20. The highest BCUT2D eigenvalue weighted by Crippen LogP contribution is 2.44. The molecule has 1 aromatic carbocycles. The third-order valence-electron chi connectivity index (χ3n) is 4.48. The molecule has 1 aromatic rings. The molecule has 0 aliphatic rings. The Bertz CT molecular complexity index is 477. The van der Waals surface area contributed by atoms with E-state index < -0.39 is 11.4 Å². The summed E-state index contributed by atoms with van der Waals surface area (Å²) in [4.78, 5) is 0. The van der Waals surface area contributed by atoms with Gasteiger partial charge in [-0.25, -0.2) is 0 Å². The summed E-state index contributed by atoms with van der Waals surface area (Å²) in [6, 6.07) is 6.31. The molecule has 0 heterocycles. The van der Waals surface area contributed by atoms with Crippen LogP contribution in [0.1, 0.15) is 81.9 Å². The number of ether oxygens (including phenoxy) is 1. The summed E-state index contributed by atoms with van der Waals surface area (Å²) in [6.07, 6.45) is 7.74. The summed E-state index contributed by atoms with van der Waals surface area (Å²) in [5.41, 5.74) is 0.272. The van der Waals surface area contributed by atoms with E-state index in [2.05, 4.69) is 6.92 Å². The molecule has 0 N–H and O–H groups in total. The van der Waals surface area contributed by atoms with Crippen LogP contribution in [0.15, 0.2) is 24.3 Å². The van der Waals surface area contributed by atoms with Crippen molar-refractivity contribution >= 4 is 11.8 Å². The molecular weight excluding hydrogens is 357 g/mol. The molecule has 0 amide bonds. The maximum absolute atomic E-state index is 13.4. The number of hydrogen-bond donors (Lipinski definition) is 0. The number of unbranched alkanes of at least 4 members (excludes halogenated alkanes) is 9. The van der Waals surface area contributed by atoms with Gasteiger partial charge in [-0.2, -0.15) is 13.2 Å². The van der Waals surface area contributed by atoms with Gasteiger partial charge in [0.1, 0.15) is 11.0 Å². The summed E-state index contributed by atoms with van der Waals surface area (Å²) in [7, 11) is 1.47. The Labute approximate surface area is 161 Å². The van der Waals surface area contributed by atoms with E-state index >= 15 is 0 Å². The van der Waals surface area contributed by atoms with Crippen LogP contribution in [0.2, 0.25) is 0 Å². The van der Waals surface area contributed by atoms with Crippen LogP contribution >= 0.6 is 11.8 Å². The van der Waals surface area contributed by atoms with Crippen LogP contribution in [0, 0.1) is 0 Å². The first kappa shape index (κ1) is 23.2. The zero-order valence-corrected chi connectivity index (χ0v) is 16.9. The fourth-order valence-electron chi connectivity index (χ4n) is 2.97. The number of methoxy groups -OCH3 is 1. The largest absolute Gasteiger partial charge is 0.497 e. The summed E-state index contributed by atoms with van der Waals surface area (Å²) < 4.78 is 45.2. The van der Waals surface area contributed by atoms with Gasteiger partial charge in [-0.1, -0.05) is 76.8 Å². The molecule has 0 aliphatic carbocycles. The Hall–Kier alpha value is -0.840. The molecule has 0 aliphatic heterocycles. The van der Waals surface area contributed by atoms with Crippen molar-refractivity contribution in [2.45, 2.75) is 82.6 Å². The molecule has 1 rings (SSSR count). The number of halogens is 3. The second-order valence-electron chi connectivity index (χ2n) is 6.75. The fraction of sp³-hybridized carbons (Fsp3) is 0.714. The first-order chi connectivity index (χ1) is 12.5. The Morgan fingerprint density at radius 3 is 2.04 bits per heavy atom. The topological polar surface area (TPSA) is 9.23 Å². The summed E-state index contributed by atoms with van der Waals surface area (Å²) in [6.45, 7) is 2.22. The molecule has 0 spiro atoms. The molecule has 150 valence electrons. The van der Waals surface area contributed by atoms with Gasteiger partial charge in [0.25, 0.3) is 0 Å². The van der Waals surface area contributed by atoms with E-state index in [1.54, 1.807) is 12.1 Å². The van der Waals surface area contributed by atoms with E-state index in [0.29, 0.717) is 11.5 Å². The van der Waals surface area contributed by atoms with E-state index in [1.165, 1.54) is 64.2 Å². The van der Waals surface area contributed by atoms with E-state index in [0.717, 1.165) is 31.0 Å². The van der Waals surface area contributed by atoms with Gasteiger partial charge in [-0.15, -0.1) is 11.8 Å². The minimum atomic E-state index is -4.24. The third-order valence-corrected chi connectivity index (χ3v) is 5.87. The van der Waals surface area contributed by atoms with E-state index in [-0.39, 0.29) is 5.56 Å². The summed E-state index contributed by atoms with van der Waals surface area (Å²) >= 11 is 0.998. The molecule has 26 heavy (non-hydrogen) atoms. The molecule has 0 fully saturated rings. The van der Waals surface area contributed by atoms with Crippen molar-refractivity contribution in [3.8, 4) is 5.75 Å². The van der Waals surface area contributed by atoms with Gasteiger partial charge < -0.3 is 4.74 Å². The first-order valence-corrected chi connectivity index (χ1v) is 10.9. The standard InChI is InChI=1S/C21H33F3OS/c1-3-4-5-6-7-8-9-10-11-12-16-26-20(21(22,23)24)18-14-13-15-19(17-18)25-2/h13-15,17,20H,3-12,16H2,1-2H3/t20-/m1/s1. The second-order valence-corrected chi connectivity index (χ2v) is 7.96. The van der Waals surface area contributed by atoms with Crippen molar-refractivity contribution in [2.75, 3.05) is 12.9 Å². The highest BCUT2D eigenvalue weighted by molar-refractivity contribution is 7.99. The van der Waals surface area contributed by atoms with Crippen LogP contribution in [0.4, 0.5) is 13.2 Å². The smallest absolute Gasteiger partial charge is 0.404 e. The number of benzene rings is 1. The van der Waals surface area contributed by atoms with Gasteiger partial charge in [0, 0.05) is 0 Å². The lowest BCUT2D eigenvalue weighted by molar-refractivity contribution is -0.129. The molecule has 0 radical (unpaired) electrons. The lowest BCUT2D eigenvalue weighted by Crippen LogP contribution is -2.18. The zero-order chi connectivity index (χ0) is 19.3. The number of rotatable bonds is 14. The zero-order valence-electron chi connectivity index (χ0n) is 16.1. The Morgan fingerprint density at radius 2 is 1.50 bits per heavy atom. The van der Waals surface area contributed by atoms with E-state index in [9.17, 15) is 13.2 Å². The van der Waals surface area contributed by atoms with E-state index in [4.69, 9.17) is 4.74 Å². The van der Waals surface area contributed by atoms with Crippen LogP contribution < -0.4 is 4.74 Å². The van der Waals surface area contributed by atoms with E-state index in [1.807, 2.05) is 0 Å². The summed E-state index contributed by atoms with van der Waals surface area (Å²) in [5.74, 6) is 1.01. The fourth-order valence-corrected chi connectivity index (χ4v) is 4.11. The maximum Gasteiger partial charge on any atom is 0.404 e. The molecule has 0 aromatic heterocycles. The van der Waals surface area contributed by atoms with Crippen molar-refractivity contribution in [3.05, 3.63) is 29.8 Å². The Kier molecular flexibility index (Phi) is 11.9. The third kappa shape index (κ3) is 9.75. The van der Waals surface area contributed by atoms with Gasteiger partial charge in [0.15, 0.2) is 0 Å². The SMILES string of the molecule is CCCCCCCCCCCCS[C@H](c1cccc(OC)c1)C(F)(F)F. The quantitative estimate of drug-likeness (QED) is 0.298. The van der Waals surface area contributed by atoms with Crippen LogP contribution in [-0.4, -0.2) is 19.0 Å². The van der Waals surface area contributed by atoms with Crippen molar-refractivity contribution in [1.29, 1.82) is 0 Å². The molecule has 0 saturated carbocycles. The first-order valence-electron chi connectivity index (χ1n) is 9.81. The van der Waals surface area contributed by atoms with Gasteiger partial charge in [-0.3, -0.25) is 0 Å². The van der Waals surface area contributed by atoms with Crippen LogP contribution in [0.5, 0.6) is 5.75 Å². The Balaban J connectivity index is 2.25. The molecule has 1 atom stereocenters. The maximum atomic E-state index is 13.4. The van der Waals surface area contributed by atoms with Gasteiger partial charge in [0.2, 0.25) is 0 Å². The number of hydrogen-bond acceptors (Lipinski definition) is 2. The highest BCUT2D eigenvalue weighted by Gasteiger charge is 2.41. The molecule has 0 unspecified atom stereocenters. The number of alkyl halides is 3. The van der Waals surface area contributed by atoms with Crippen molar-refractivity contribution in [1.82, 2.24) is 0 Å². The lowest BCUT2D eigenvalue weighted by atomic mass is 10.1. The molecule has 0 saturated heterocycles. The van der Waals surface area contributed by atoms with Gasteiger partial charge >= 0.3 is 6.18 Å². The van der Waals surface area contributed by atoms with Crippen LogP contribution in [0.3, 0.4) is 0 Å². The van der Waals surface area contributed by atoms with Gasteiger partial charge in [0.05, 0.1) is 7.11 Å². The highest BCUT2D eigenvalue weighted by atomic mass is 32.2. The second kappa shape index (κ2) is 13.3. The van der Waals surface area contributed by atoms with Crippen LogP contribution in [0.25, 0.3) is 0 Å². The van der Waals surface area contributed by atoms with Crippen molar-refractivity contribution < 1.29 is 17.9 Å². The van der Waals surface area contributed by atoms with Crippen LogP contribution in [-0.2, 0) is 0 Å². The molecular formula is C21H33F3OS.